The molecule has 0 atom stereocenters. The van der Waals surface area contributed by atoms with Crippen molar-refractivity contribution in [2.24, 2.45) is 5.10 Å². The topological polar surface area (TPSA) is 126 Å². The van der Waals surface area contributed by atoms with E-state index in [9.17, 15) is 14.4 Å². The van der Waals surface area contributed by atoms with Crippen LogP contribution < -0.4 is 16.1 Å². The molecule has 3 amide bonds. The highest BCUT2D eigenvalue weighted by atomic mass is 16.3. The fourth-order valence-electron chi connectivity index (χ4n) is 2.13. The summed E-state index contributed by atoms with van der Waals surface area (Å²) in [6.07, 6.45) is 2.68. The van der Waals surface area contributed by atoms with Gasteiger partial charge in [0.2, 0.25) is 0 Å². The van der Waals surface area contributed by atoms with Gasteiger partial charge in [-0.2, -0.15) is 5.10 Å². The number of hydrogen-bond acceptors (Lipinski definition) is 6. The van der Waals surface area contributed by atoms with Gasteiger partial charge in [0, 0.05) is 5.69 Å². The molecule has 1 aromatic carbocycles. The molecule has 9 heteroatoms. The quantitative estimate of drug-likeness (QED) is 0.342. The molecule has 0 bridgehead atoms. The van der Waals surface area contributed by atoms with Crippen molar-refractivity contribution in [3.8, 4) is 0 Å². The van der Waals surface area contributed by atoms with Crippen molar-refractivity contribution in [1.82, 2.24) is 10.7 Å². The highest BCUT2D eigenvalue weighted by Crippen LogP contribution is 2.07. The van der Waals surface area contributed by atoms with E-state index in [0.29, 0.717) is 17.2 Å². The summed E-state index contributed by atoms with van der Waals surface area (Å²) in [5, 5.41) is 8.69. The fraction of sp³-hybridized carbons (Fsp3) is 0.0526. The molecule has 0 unspecified atom stereocenters. The second kappa shape index (κ2) is 8.99. The molecule has 0 aliphatic carbocycles. The van der Waals surface area contributed by atoms with Gasteiger partial charge in [-0.05, 0) is 36.4 Å². The third kappa shape index (κ3) is 5.18. The molecule has 2 heterocycles. The van der Waals surface area contributed by atoms with Crippen LogP contribution in [0.4, 0.5) is 5.69 Å². The Morgan fingerprint density at radius 2 is 1.79 bits per heavy atom. The van der Waals surface area contributed by atoms with Crippen LogP contribution in [0.15, 0.2) is 74.8 Å². The van der Waals surface area contributed by atoms with E-state index in [1.807, 2.05) is 0 Å². The largest absolute Gasteiger partial charge is 0.459 e. The minimum Gasteiger partial charge on any atom is -0.459 e. The van der Waals surface area contributed by atoms with Crippen molar-refractivity contribution < 1.29 is 23.2 Å². The van der Waals surface area contributed by atoms with E-state index >= 15 is 0 Å². The number of para-hydroxylation sites is 1. The molecule has 3 rings (SSSR count). The lowest BCUT2D eigenvalue weighted by atomic mass is 10.3. The second-order valence-electron chi connectivity index (χ2n) is 5.48. The SMILES string of the molecule is O=C(NCc1ccc(/C=N\NC(=O)c2ccco2)o1)C(=O)Nc1ccccc1. The van der Waals surface area contributed by atoms with Crippen molar-refractivity contribution >= 4 is 29.6 Å². The molecule has 0 saturated carbocycles. The zero-order chi connectivity index (χ0) is 19.8. The van der Waals surface area contributed by atoms with Gasteiger partial charge in [0.15, 0.2) is 5.76 Å². The molecule has 3 N–H and O–H groups in total. The van der Waals surface area contributed by atoms with E-state index < -0.39 is 17.7 Å². The number of nitrogens with one attached hydrogen (secondary N) is 3. The molecular formula is C19H16N4O5. The van der Waals surface area contributed by atoms with Crippen molar-refractivity contribution in [2.45, 2.75) is 6.54 Å². The van der Waals surface area contributed by atoms with Gasteiger partial charge in [0.25, 0.3) is 0 Å². The van der Waals surface area contributed by atoms with Crippen molar-refractivity contribution in [2.75, 3.05) is 5.32 Å². The van der Waals surface area contributed by atoms with E-state index in [-0.39, 0.29) is 12.3 Å². The molecule has 0 saturated heterocycles. The summed E-state index contributed by atoms with van der Waals surface area (Å²) in [5.41, 5.74) is 2.81. The van der Waals surface area contributed by atoms with Crippen LogP contribution in [0.25, 0.3) is 0 Å². The van der Waals surface area contributed by atoms with Gasteiger partial charge in [-0.15, -0.1) is 0 Å². The van der Waals surface area contributed by atoms with Gasteiger partial charge in [0.05, 0.1) is 19.0 Å². The number of hydrogen-bond donors (Lipinski definition) is 3. The predicted molar refractivity (Wildman–Crippen MR) is 99.4 cm³/mol. The maximum absolute atomic E-state index is 11.8. The normalized spacial score (nSPS) is 10.6. The van der Waals surface area contributed by atoms with E-state index in [1.165, 1.54) is 18.5 Å². The van der Waals surface area contributed by atoms with E-state index in [4.69, 9.17) is 8.83 Å². The molecule has 3 aromatic rings. The first-order chi connectivity index (χ1) is 13.6. The lowest BCUT2D eigenvalue weighted by Gasteiger charge is -2.05. The average molecular weight is 380 g/mol. The zero-order valence-corrected chi connectivity index (χ0v) is 14.5. The summed E-state index contributed by atoms with van der Waals surface area (Å²) in [5.74, 6) is -1.16. The van der Waals surface area contributed by atoms with E-state index in [1.54, 1.807) is 48.5 Å². The van der Waals surface area contributed by atoms with Crippen molar-refractivity contribution in [1.29, 1.82) is 0 Å². The highest BCUT2D eigenvalue weighted by molar-refractivity contribution is 6.39. The molecule has 0 aliphatic heterocycles. The predicted octanol–water partition coefficient (Wildman–Crippen LogP) is 1.89. The Morgan fingerprint density at radius 1 is 0.964 bits per heavy atom. The Morgan fingerprint density at radius 3 is 2.54 bits per heavy atom. The summed E-state index contributed by atoms with van der Waals surface area (Å²) in [6.45, 7) is 0.0215. The lowest BCUT2D eigenvalue weighted by Crippen LogP contribution is -2.34. The number of hydrazone groups is 1. The van der Waals surface area contributed by atoms with Crippen LogP contribution in [0, 0.1) is 0 Å². The summed E-state index contributed by atoms with van der Waals surface area (Å²) >= 11 is 0. The second-order valence-corrected chi connectivity index (χ2v) is 5.48. The third-order valence-corrected chi connectivity index (χ3v) is 3.45. The smallest absolute Gasteiger partial charge is 0.313 e. The van der Waals surface area contributed by atoms with Crippen molar-refractivity contribution in [3.63, 3.8) is 0 Å². The van der Waals surface area contributed by atoms with Crippen LogP contribution in [0.2, 0.25) is 0 Å². The zero-order valence-electron chi connectivity index (χ0n) is 14.5. The van der Waals surface area contributed by atoms with Crippen molar-refractivity contribution in [3.05, 3.63) is 78.1 Å². The number of carbonyl (C=O) groups excluding carboxylic acids is 3. The molecule has 28 heavy (non-hydrogen) atoms. The molecular weight excluding hydrogens is 364 g/mol. The molecule has 0 spiro atoms. The van der Waals surface area contributed by atoms with Crippen LogP contribution >= 0.6 is 0 Å². The first kappa shape index (κ1) is 18.6. The van der Waals surface area contributed by atoms with Crippen LogP contribution in [0.5, 0.6) is 0 Å². The molecule has 2 aromatic heterocycles. The number of benzene rings is 1. The Balaban J connectivity index is 1.45. The Labute approximate surface area is 159 Å². The number of nitrogens with zero attached hydrogens (tertiary/aromatic N) is 1. The number of rotatable bonds is 6. The monoisotopic (exact) mass is 380 g/mol. The Bertz CT molecular complexity index is 977. The number of amides is 3. The van der Waals surface area contributed by atoms with Gasteiger partial charge in [-0.3, -0.25) is 14.4 Å². The summed E-state index contributed by atoms with van der Waals surface area (Å²) in [7, 11) is 0. The van der Waals surface area contributed by atoms with E-state index in [2.05, 4.69) is 21.2 Å². The van der Waals surface area contributed by atoms with Gasteiger partial charge >= 0.3 is 17.7 Å². The minimum absolute atomic E-state index is 0.0215. The molecule has 0 radical (unpaired) electrons. The minimum atomic E-state index is -0.791. The Hall–Kier alpha value is -4.14. The van der Waals surface area contributed by atoms with Gasteiger partial charge in [-0.25, -0.2) is 5.43 Å². The maximum Gasteiger partial charge on any atom is 0.313 e. The standard InChI is InChI=1S/C19H16N4O5/c24-17(16-7-4-10-27-16)23-21-12-15-9-8-14(28-15)11-20-18(25)19(26)22-13-5-2-1-3-6-13/h1-10,12H,11H2,(H,20,25)(H,22,26)(H,23,24)/b21-12-. The van der Waals surface area contributed by atoms with Crippen LogP contribution in [-0.4, -0.2) is 23.9 Å². The lowest BCUT2D eigenvalue weighted by molar-refractivity contribution is -0.136. The maximum atomic E-state index is 11.8. The summed E-state index contributed by atoms with van der Waals surface area (Å²) < 4.78 is 10.4. The molecule has 0 fully saturated rings. The molecule has 9 nitrogen and oxygen atoms in total. The number of anilines is 1. The number of furan rings is 2. The molecule has 0 aliphatic rings. The van der Waals surface area contributed by atoms with E-state index in [0.717, 1.165) is 0 Å². The van der Waals surface area contributed by atoms with Gasteiger partial charge < -0.3 is 19.5 Å². The van der Waals surface area contributed by atoms with Crippen LogP contribution in [0.1, 0.15) is 22.1 Å². The number of carbonyl (C=O) groups is 3. The summed E-state index contributed by atoms with van der Waals surface area (Å²) in [6, 6.07) is 15.0. The Kier molecular flexibility index (Phi) is 5.99. The van der Waals surface area contributed by atoms with Crippen LogP contribution in [-0.2, 0) is 16.1 Å². The first-order valence-electron chi connectivity index (χ1n) is 8.21. The first-order valence-corrected chi connectivity index (χ1v) is 8.21. The average Bonchev–Trinajstić information content (AvgIpc) is 3.39. The molecule has 142 valence electrons. The third-order valence-electron chi connectivity index (χ3n) is 3.45. The van der Waals surface area contributed by atoms with Crippen LogP contribution in [0.3, 0.4) is 0 Å². The summed E-state index contributed by atoms with van der Waals surface area (Å²) in [4.78, 5) is 35.3. The van der Waals surface area contributed by atoms with Gasteiger partial charge in [0.1, 0.15) is 11.5 Å². The van der Waals surface area contributed by atoms with Gasteiger partial charge in [-0.1, -0.05) is 18.2 Å². The fourth-order valence-corrected chi connectivity index (χ4v) is 2.13. The highest BCUT2D eigenvalue weighted by Gasteiger charge is 2.14.